The monoisotopic (exact) mass is 354 g/mol. The number of oxazole rings is 1. The Bertz CT molecular complexity index is 913. The molecular weight excluding hydrogens is 336 g/mol. The van der Waals surface area contributed by atoms with Crippen LogP contribution in [-0.4, -0.2) is 42.9 Å². The first-order chi connectivity index (χ1) is 11.4. The van der Waals surface area contributed by atoms with Crippen LogP contribution >= 0.6 is 0 Å². The molecule has 0 bridgehead atoms. The summed E-state index contributed by atoms with van der Waals surface area (Å²) in [5, 5.41) is 0. The second-order valence-electron chi connectivity index (χ2n) is 5.55. The lowest BCUT2D eigenvalue weighted by atomic mass is 10.1. The highest BCUT2D eigenvalue weighted by Gasteiger charge is 2.38. The zero-order chi connectivity index (χ0) is 17.3. The highest BCUT2D eigenvalue weighted by molar-refractivity contribution is 7.89. The smallest absolute Gasteiger partial charge is 0.417 e. The Morgan fingerprint density at radius 2 is 2.21 bits per heavy atom. The van der Waals surface area contributed by atoms with Crippen molar-refractivity contribution in [3.63, 3.8) is 0 Å². The number of esters is 1. The van der Waals surface area contributed by atoms with Crippen molar-refractivity contribution in [1.29, 1.82) is 0 Å². The van der Waals surface area contributed by atoms with Gasteiger partial charge in [0.15, 0.2) is 5.58 Å². The van der Waals surface area contributed by atoms with Gasteiger partial charge < -0.3 is 9.15 Å². The Labute approximate surface area is 138 Å². The fourth-order valence-corrected chi connectivity index (χ4v) is 4.55. The van der Waals surface area contributed by atoms with Crippen molar-refractivity contribution in [2.45, 2.75) is 37.1 Å². The van der Waals surface area contributed by atoms with Crippen molar-refractivity contribution in [2.75, 3.05) is 13.2 Å². The Morgan fingerprint density at radius 3 is 2.96 bits per heavy atom. The molecule has 1 aromatic heterocycles. The lowest BCUT2D eigenvalue weighted by molar-refractivity contribution is -0.148. The number of nitrogens with zero attached hydrogens (tertiary/aromatic N) is 1. The highest BCUT2D eigenvalue weighted by Crippen LogP contribution is 2.27. The first-order valence-electron chi connectivity index (χ1n) is 7.75. The summed E-state index contributed by atoms with van der Waals surface area (Å²) in [4.78, 5) is 25.8. The average molecular weight is 354 g/mol. The molecule has 1 N–H and O–H groups in total. The van der Waals surface area contributed by atoms with E-state index >= 15 is 0 Å². The van der Waals surface area contributed by atoms with Crippen molar-refractivity contribution < 1.29 is 22.4 Å². The predicted molar refractivity (Wildman–Crippen MR) is 85.0 cm³/mol. The van der Waals surface area contributed by atoms with Gasteiger partial charge in [-0.1, -0.05) is 0 Å². The number of nitrogens with one attached hydrogen (secondary N) is 1. The highest BCUT2D eigenvalue weighted by atomic mass is 32.2. The van der Waals surface area contributed by atoms with Crippen LogP contribution in [0.25, 0.3) is 11.1 Å². The molecule has 0 saturated carbocycles. The first-order valence-corrected chi connectivity index (χ1v) is 9.19. The van der Waals surface area contributed by atoms with Crippen molar-refractivity contribution in [1.82, 2.24) is 9.29 Å². The van der Waals surface area contributed by atoms with E-state index in [2.05, 4.69) is 4.98 Å². The van der Waals surface area contributed by atoms with E-state index in [4.69, 9.17) is 9.15 Å². The van der Waals surface area contributed by atoms with Crippen LogP contribution in [0.3, 0.4) is 0 Å². The molecule has 0 spiro atoms. The Kier molecular flexibility index (Phi) is 4.46. The molecule has 130 valence electrons. The molecule has 0 radical (unpaired) electrons. The molecule has 0 amide bonds. The van der Waals surface area contributed by atoms with Gasteiger partial charge in [0.2, 0.25) is 10.0 Å². The van der Waals surface area contributed by atoms with Crippen LogP contribution < -0.4 is 5.76 Å². The topological polar surface area (TPSA) is 110 Å². The number of carbonyl (C=O) groups is 1. The largest absolute Gasteiger partial charge is 0.465 e. The standard InChI is InChI=1S/C15H18N2O6S/c1-2-22-14(18)12-5-3-4-8-17(12)24(20,21)10-6-7-11-13(9-10)23-15(19)16-11/h6-7,9,12H,2-5,8H2,1H3,(H,16,19). The van der Waals surface area contributed by atoms with E-state index in [0.29, 0.717) is 18.4 Å². The lowest BCUT2D eigenvalue weighted by Gasteiger charge is -2.32. The quantitative estimate of drug-likeness (QED) is 0.827. The maximum absolute atomic E-state index is 12.9. The van der Waals surface area contributed by atoms with Gasteiger partial charge in [-0.25, -0.2) is 13.2 Å². The van der Waals surface area contributed by atoms with E-state index in [9.17, 15) is 18.0 Å². The lowest BCUT2D eigenvalue weighted by Crippen LogP contribution is -2.48. The van der Waals surface area contributed by atoms with E-state index in [0.717, 1.165) is 6.42 Å². The minimum atomic E-state index is -3.90. The van der Waals surface area contributed by atoms with E-state index in [1.807, 2.05) is 0 Å². The number of H-pyrrole nitrogens is 1. The number of hydrogen-bond donors (Lipinski definition) is 1. The number of benzene rings is 1. The van der Waals surface area contributed by atoms with E-state index < -0.39 is 27.8 Å². The van der Waals surface area contributed by atoms with Crippen LogP contribution in [0.2, 0.25) is 0 Å². The van der Waals surface area contributed by atoms with Crippen molar-refractivity contribution in [3.05, 3.63) is 28.7 Å². The number of fused-ring (bicyclic) bond motifs is 1. The SMILES string of the molecule is CCOC(=O)C1CCCCN1S(=O)(=O)c1ccc2[nH]c(=O)oc2c1. The van der Waals surface area contributed by atoms with Crippen LogP contribution in [0, 0.1) is 0 Å². The molecule has 1 atom stereocenters. The van der Waals surface area contributed by atoms with Crippen molar-refractivity contribution in [3.8, 4) is 0 Å². The number of hydrogen-bond acceptors (Lipinski definition) is 6. The van der Waals surface area contributed by atoms with Gasteiger partial charge >= 0.3 is 11.7 Å². The normalized spacial score (nSPS) is 19.5. The van der Waals surface area contributed by atoms with Crippen LogP contribution in [0.1, 0.15) is 26.2 Å². The van der Waals surface area contributed by atoms with Gasteiger partial charge in [0, 0.05) is 12.6 Å². The van der Waals surface area contributed by atoms with Gasteiger partial charge in [-0.15, -0.1) is 0 Å². The summed E-state index contributed by atoms with van der Waals surface area (Å²) < 4.78 is 37.0. The molecule has 3 rings (SSSR count). The van der Waals surface area contributed by atoms with Crippen LogP contribution in [0.4, 0.5) is 0 Å². The molecule has 1 unspecified atom stereocenters. The molecule has 8 nitrogen and oxygen atoms in total. The van der Waals surface area contributed by atoms with Gasteiger partial charge in [0.05, 0.1) is 17.0 Å². The third-order valence-electron chi connectivity index (χ3n) is 4.01. The summed E-state index contributed by atoms with van der Waals surface area (Å²) >= 11 is 0. The first kappa shape index (κ1) is 16.7. The fraction of sp³-hybridized carbons (Fsp3) is 0.467. The molecular formula is C15H18N2O6S. The molecule has 1 aliphatic rings. The zero-order valence-electron chi connectivity index (χ0n) is 13.1. The molecule has 0 aliphatic carbocycles. The number of sulfonamides is 1. The zero-order valence-corrected chi connectivity index (χ0v) is 14.0. The fourth-order valence-electron chi connectivity index (χ4n) is 2.89. The van der Waals surface area contributed by atoms with Gasteiger partial charge in [-0.05, 0) is 38.3 Å². The molecule has 24 heavy (non-hydrogen) atoms. The Balaban J connectivity index is 1.99. The predicted octanol–water partition coefficient (Wildman–Crippen LogP) is 1.23. The number of aromatic nitrogens is 1. The second kappa shape index (κ2) is 6.40. The van der Waals surface area contributed by atoms with Crippen LogP contribution in [0.15, 0.2) is 32.3 Å². The van der Waals surface area contributed by atoms with Gasteiger partial charge in [0.1, 0.15) is 6.04 Å². The maximum Gasteiger partial charge on any atom is 0.417 e. The van der Waals surface area contributed by atoms with Crippen LogP contribution in [0.5, 0.6) is 0 Å². The molecule has 2 aromatic rings. The van der Waals surface area contributed by atoms with Crippen molar-refractivity contribution >= 4 is 27.1 Å². The molecule has 1 saturated heterocycles. The van der Waals surface area contributed by atoms with E-state index in [1.54, 1.807) is 6.92 Å². The maximum atomic E-state index is 12.9. The van der Waals surface area contributed by atoms with Crippen molar-refractivity contribution in [2.24, 2.45) is 0 Å². The summed E-state index contributed by atoms with van der Waals surface area (Å²) in [6.45, 7) is 2.13. The Morgan fingerprint density at radius 1 is 1.42 bits per heavy atom. The third-order valence-corrected chi connectivity index (χ3v) is 5.92. The molecule has 2 heterocycles. The summed E-state index contributed by atoms with van der Waals surface area (Å²) in [6, 6.07) is 3.33. The molecule has 1 aliphatic heterocycles. The number of piperidine rings is 1. The minimum Gasteiger partial charge on any atom is -0.465 e. The average Bonchev–Trinajstić information content (AvgIpc) is 2.94. The molecule has 1 aromatic carbocycles. The van der Waals surface area contributed by atoms with Gasteiger partial charge in [-0.2, -0.15) is 4.31 Å². The summed E-state index contributed by atoms with van der Waals surface area (Å²) in [7, 11) is -3.90. The second-order valence-corrected chi connectivity index (χ2v) is 7.44. The number of aromatic amines is 1. The molecule has 9 heteroatoms. The molecule has 1 fully saturated rings. The summed E-state index contributed by atoms with van der Waals surface area (Å²) in [6.07, 6.45) is 1.87. The van der Waals surface area contributed by atoms with E-state index in [1.165, 1.54) is 22.5 Å². The van der Waals surface area contributed by atoms with Crippen LogP contribution in [-0.2, 0) is 19.6 Å². The Hall–Kier alpha value is -2.13. The third kappa shape index (κ3) is 2.96. The van der Waals surface area contributed by atoms with Gasteiger partial charge in [-0.3, -0.25) is 9.78 Å². The van der Waals surface area contributed by atoms with Gasteiger partial charge in [0.25, 0.3) is 0 Å². The summed E-state index contributed by atoms with van der Waals surface area (Å²) in [5.41, 5.74) is 0.574. The number of ether oxygens (including phenoxy) is 1. The number of rotatable bonds is 4. The number of carbonyl (C=O) groups excluding carboxylic acids is 1. The van der Waals surface area contributed by atoms with E-state index in [-0.39, 0.29) is 23.6 Å². The summed E-state index contributed by atoms with van der Waals surface area (Å²) in [5.74, 6) is -1.18. The minimum absolute atomic E-state index is 0.0195.